The Morgan fingerprint density at radius 1 is 1.15 bits per heavy atom. The van der Waals surface area contributed by atoms with Crippen molar-refractivity contribution in [2.45, 2.75) is 31.8 Å². The molecule has 0 amide bonds. The monoisotopic (exact) mass is 415 g/mol. The number of ether oxygens (including phenoxy) is 1. The van der Waals surface area contributed by atoms with Crippen molar-refractivity contribution >= 4 is 44.9 Å². The van der Waals surface area contributed by atoms with Crippen LogP contribution in [0.3, 0.4) is 0 Å². The van der Waals surface area contributed by atoms with Crippen molar-refractivity contribution in [3.05, 3.63) is 58.1 Å². The van der Waals surface area contributed by atoms with E-state index in [2.05, 4.69) is 0 Å². The smallest absolute Gasteiger partial charge is 0.327 e. The van der Waals surface area contributed by atoms with Crippen molar-refractivity contribution in [2.24, 2.45) is 0 Å². The summed E-state index contributed by atoms with van der Waals surface area (Å²) < 4.78 is 32.5. The minimum absolute atomic E-state index is 0.0179. The minimum atomic E-state index is -4.14. The molecule has 0 radical (unpaired) electrons. The van der Waals surface area contributed by atoms with Gasteiger partial charge < -0.3 is 4.74 Å². The number of carbonyl (C=O) groups is 1. The van der Waals surface area contributed by atoms with Crippen LogP contribution in [-0.4, -0.2) is 27.0 Å². The van der Waals surface area contributed by atoms with Gasteiger partial charge in [0, 0.05) is 5.02 Å². The Bertz CT molecular complexity index is 913. The maximum Gasteiger partial charge on any atom is 0.327 e. The van der Waals surface area contributed by atoms with Crippen LogP contribution in [0.5, 0.6) is 0 Å². The minimum Gasteiger partial charge on any atom is -0.462 e. The van der Waals surface area contributed by atoms with Crippen LogP contribution in [0.4, 0.5) is 5.69 Å². The van der Waals surface area contributed by atoms with Crippen molar-refractivity contribution in [1.29, 1.82) is 0 Å². The van der Waals surface area contributed by atoms with E-state index >= 15 is 0 Å². The predicted molar refractivity (Wildman–Crippen MR) is 103 cm³/mol. The molecule has 0 aliphatic heterocycles. The van der Waals surface area contributed by atoms with Crippen LogP contribution < -0.4 is 4.31 Å². The Morgan fingerprint density at radius 3 is 2.46 bits per heavy atom. The fourth-order valence-corrected chi connectivity index (χ4v) is 4.45. The number of hydrogen-bond donors (Lipinski definition) is 0. The van der Waals surface area contributed by atoms with Gasteiger partial charge in [0.2, 0.25) is 0 Å². The van der Waals surface area contributed by atoms with E-state index < -0.39 is 22.5 Å². The van der Waals surface area contributed by atoms with Gasteiger partial charge in [-0.2, -0.15) is 0 Å². The molecule has 0 N–H and O–H groups in total. The zero-order valence-corrected chi connectivity index (χ0v) is 16.9. The van der Waals surface area contributed by atoms with Crippen molar-refractivity contribution in [3.8, 4) is 0 Å². The highest BCUT2D eigenvalue weighted by atomic mass is 35.5. The summed E-state index contributed by atoms with van der Waals surface area (Å²) in [5.74, 6) is -0.664. The molecule has 0 unspecified atom stereocenters. The van der Waals surface area contributed by atoms with Crippen LogP contribution in [-0.2, 0) is 19.6 Å². The molecular weight excluding hydrogens is 397 g/mol. The second kappa shape index (κ2) is 8.29. The highest BCUT2D eigenvalue weighted by Gasteiger charge is 2.30. The third-order valence-corrected chi connectivity index (χ3v) is 5.88. The second-order valence-electron chi connectivity index (χ2n) is 5.96. The van der Waals surface area contributed by atoms with Gasteiger partial charge in [-0.15, -0.1) is 0 Å². The molecule has 0 atom stereocenters. The summed E-state index contributed by atoms with van der Waals surface area (Å²) in [6.07, 6.45) is -0.362. The molecule has 8 heteroatoms. The number of halogens is 2. The molecule has 2 aromatic rings. The van der Waals surface area contributed by atoms with E-state index in [0.717, 1.165) is 9.87 Å². The molecule has 2 rings (SSSR count). The lowest BCUT2D eigenvalue weighted by Gasteiger charge is -2.25. The normalized spacial score (nSPS) is 11.5. The molecule has 0 spiro atoms. The third-order valence-electron chi connectivity index (χ3n) is 3.39. The quantitative estimate of drug-likeness (QED) is 0.653. The molecule has 2 aromatic carbocycles. The summed E-state index contributed by atoms with van der Waals surface area (Å²) in [6.45, 7) is 4.73. The zero-order chi connectivity index (χ0) is 19.5. The summed E-state index contributed by atoms with van der Waals surface area (Å²) in [5, 5.41) is 0.242. The fourth-order valence-electron chi connectivity index (χ4n) is 2.31. The van der Waals surface area contributed by atoms with Crippen LogP contribution in [0.25, 0.3) is 0 Å². The summed E-state index contributed by atoms with van der Waals surface area (Å²) in [5.41, 5.74) is 1.18. The zero-order valence-electron chi connectivity index (χ0n) is 14.6. The van der Waals surface area contributed by atoms with Gasteiger partial charge in [0.05, 0.1) is 16.8 Å². The number of rotatable bonds is 6. The summed E-state index contributed by atoms with van der Waals surface area (Å²) in [6, 6.07) is 11.0. The molecule has 140 valence electrons. The molecule has 0 aliphatic rings. The Labute approximate surface area is 163 Å². The Balaban J connectivity index is 2.55. The Morgan fingerprint density at radius 2 is 1.85 bits per heavy atom. The van der Waals surface area contributed by atoms with Crippen LogP contribution in [0.1, 0.15) is 19.4 Å². The molecule has 5 nitrogen and oxygen atoms in total. The Kier molecular flexibility index (Phi) is 6.55. The van der Waals surface area contributed by atoms with Gasteiger partial charge in [0.15, 0.2) is 0 Å². The molecule has 0 saturated carbocycles. The van der Waals surface area contributed by atoms with Crippen molar-refractivity contribution in [2.75, 3.05) is 10.8 Å². The molecule has 26 heavy (non-hydrogen) atoms. The van der Waals surface area contributed by atoms with Crippen LogP contribution in [0.2, 0.25) is 10.0 Å². The van der Waals surface area contributed by atoms with Crippen molar-refractivity contribution in [3.63, 3.8) is 0 Å². The number of aryl methyl sites for hydroxylation is 1. The van der Waals surface area contributed by atoms with E-state index in [4.69, 9.17) is 27.9 Å². The van der Waals surface area contributed by atoms with Gasteiger partial charge in [-0.3, -0.25) is 9.10 Å². The first kappa shape index (κ1) is 20.6. The maximum absolute atomic E-state index is 13.2. The number of hydrogen-bond acceptors (Lipinski definition) is 4. The topological polar surface area (TPSA) is 63.7 Å². The number of nitrogens with zero attached hydrogens (tertiary/aromatic N) is 1. The molecule has 0 aliphatic carbocycles. The summed E-state index contributed by atoms with van der Waals surface area (Å²) >= 11 is 12.0. The number of anilines is 1. The van der Waals surface area contributed by atoms with E-state index in [1.54, 1.807) is 32.0 Å². The second-order valence-corrected chi connectivity index (χ2v) is 8.64. The first-order valence-electron chi connectivity index (χ1n) is 7.85. The molecule has 0 saturated heterocycles. The van der Waals surface area contributed by atoms with Crippen molar-refractivity contribution < 1.29 is 17.9 Å². The van der Waals surface area contributed by atoms with Gasteiger partial charge in [0.25, 0.3) is 10.0 Å². The average Bonchev–Trinajstić information content (AvgIpc) is 2.54. The fraction of sp³-hybridized carbons (Fsp3) is 0.278. The average molecular weight is 416 g/mol. The summed E-state index contributed by atoms with van der Waals surface area (Å²) in [7, 11) is -4.14. The predicted octanol–water partition coefficient (Wildman–Crippen LogP) is 4.45. The number of esters is 1. The number of sulfonamides is 1. The highest BCUT2D eigenvalue weighted by Crippen LogP contribution is 2.31. The van der Waals surface area contributed by atoms with Gasteiger partial charge in [-0.25, -0.2) is 8.42 Å². The number of benzene rings is 2. The van der Waals surface area contributed by atoms with Gasteiger partial charge in [-0.1, -0.05) is 35.3 Å². The van der Waals surface area contributed by atoms with E-state index in [1.165, 1.54) is 18.2 Å². The van der Waals surface area contributed by atoms with E-state index in [1.807, 2.05) is 13.0 Å². The van der Waals surface area contributed by atoms with E-state index in [9.17, 15) is 13.2 Å². The largest absolute Gasteiger partial charge is 0.462 e. The molecule has 0 bridgehead atoms. The SMILES string of the molecule is Cc1cccc(N(CC(=O)OC(C)C)S(=O)(=O)c2cc(Cl)ccc2Cl)c1. The lowest BCUT2D eigenvalue weighted by atomic mass is 10.2. The van der Waals surface area contributed by atoms with Crippen LogP contribution in [0.15, 0.2) is 47.4 Å². The maximum atomic E-state index is 13.2. The third kappa shape index (κ3) is 4.90. The lowest BCUT2D eigenvalue weighted by Crippen LogP contribution is -2.37. The first-order valence-corrected chi connectivity index (χ1v) is 10.0. The van der Waals surface area contributed by atoms with E-state index in [0.29, 0.717) is 5.69 Å². The van der Waals surface area contributed by atoms with E-state index in [-0.39, 0.29) is 21.0 Å². The number of carbonyl (C=O) groups excluding carboxylic acids is 1. The first-order chi connectivity index (χ1) is 12.1. The molecule has 0 fully saturated rings. The van der Waals surface area contributed by atoms with Crippen LogP contribution >= 0.6 is 23.2 Å². The summed E-state index contributed by atoms with van der Waals surface area (Å²) in [4.78, 5) is 12.0. The van der Waals surface area contributed by atoms with Gasteiger partial charge >= 0.3 is 5.97 Å². The van der Waals surface area contributed by atoms with Crippen LogP contribution in [0, 0.1) is 6.92 Å². The standard InChI is InChI=1S/C18H19Cl2NO4S/c1-12(2)25-18(22)11-21(15-6-4-5-13(3)9-15)26(23,24)17-10-14(19)7-8-16(17)20/h4-10,12H,11H2,1-3H3. The van der Waals surface area contributed by atoms with Gasteiger partial charge in [0.1, 0.15) is 11.4 Å². The molecule has 0 aromatic heterocycles. The van der Waals surface area contributed by atoms with Crippen molar-refractivity contribution in [1.82, 2.24) is 0 Å². The lowest BCUT2D eigenvalue weighted by molar-refractivity contribution is -0.145. The Hall–Kier alpha value is -1.76. The van der Waals surface area contributed by atoms with Gasteiger partial charge in [-0.05, 0) is 56.7 Å². The highest BCUT2D eigenvalue weighted by molar-refractivity contribution is 7.93. The molecule has 0 heterocycles. The molecular formula is C18H19Cl2NO4S.